The lowest BCUT2D eigenvalue weighted by Crippen LogP contribution is -2.05. The molecule has 0 aliphatic carbocycles. The van der Waals surface area contributed by atoms with Crippen molar-refractivity contribution in [1.29, 1.82) is 0 Å². The summed E-state index contributed by atoms with van der Waals surface area (Å²) in [5, 5.41) is 0.935. The molecular formula is C17H36S2. The largest absolute Gasteiger partial charge is 0.162 e. The zero-order valence-electron chi connectivity index (χ0n) is 13.6. The fourth-order valence-corrected chi connectivity index (χ4v) is 4.79. The van der Waals surface area contributed by atoms with Gasteiger partial charge in [0, 0.05) is 5.25 Å². The molecule has 0 radical (unpaired) electrons. The van der Waals surface area contributed by atoms with Crippen LogP contribution in [0.3, 0.4) is 0 Å². The van der Waals surface area contributed by atoms with Crippen molar-refractivity contribution in [2.75, 3.05) is 17.3 Å². The van der Waals surface area contributed by atoms with Crippen molar-refractivity contribution >= 4 is 23.5 Å². The van der Waals surface area contributed by atoms with Gasteiger partial charge in [0.2, 0.25) is 0 Å². The first-order valence-electron chi connectivity index (χ1n) is 8.54. The number of unbranched alkanes of at least 4 members (excludes halogenated alkanes) is 5. The highest BCUT2D eigenvalue weighted by Crippen LogP contribution is 2.23. The van der Waals surface area contributed by atoms with E-state index in [1.54, 1.807) is 0 Å². The lowest BCUT2D eigenvalue weighted by molar-refractivity contribution is 0.697. The highest BCUT2D eigenvalue weighted by atomic mass is 32.2. The zero-order valence-corrected chi connectivity index (χ0v) is 15.2. The van der Waals surface area contributed by atoms with Gasteiger partial charge >= 0.3 is 0 Å². The predicted molar refractivity (Wildman–Crippen MR) is 96.8 cm³/mol. The highest BCUT2D eigenvalue weighted by Gasteiger charge is 2.07. The third kappa shape index (κ3) is 14.9. The number of hydrogen-bond donors (Lipinski definition) is 0. The molecule has 0 bridgehead atoms. The van der Waals surface area contributed by atoms with Gasteiger partial charge in [-0.2, -0.15) is 23.5 Å². The molecule has 0 aromatic heterocycles. The van der Waals surface area contributed by atoms with Crippen LogP contribution in [0, 0.1) is 0 Å². The van der Waals surface area contributed by atoms with Gasteiger partial charge in [0.05, 0.1) is 0 Å². The Kier molecular flexibility index (Phi) is 17.4. The molecule has 0 aromatic rings. The average molecular weight is 305 g/mol. The van der Waals surface area contributed by atoms with E-state index in [1.165, 1.54) is 81.5 Å². The third-order valence-electron chi connectivity index (χ3n) is 3.44. The smallest absolute Gasteiger partial charge is 0.00548 e. The van der Waals surface area contributed by atoms with Gasteiger partial charge in [-0.25, -0.2) is 0 Å². The first kappa shape index (κ1) is 19.7. The third-order valence-corrected chi connectivity index (χ3v) is 6.01. The monoisotopic (exact) mass is 304 g/mol. The van der Waals surface area contributed by atoms with Crippen molar-refractivity contribution in [2.24, 2.45) is 0 Å². The Bertz CT molecular complexity index is 159. The van der Waals surface area contributed by atoms with Crippen LogP contribution in [0.25, 0.3) is 0 Å². The average Bonchev–Trinajstić information content (AvgIpc) is 2.42. The van der Waals surface area contributed by atoms with Crippen molar-refractivity contribution in [2.45, 2.75) is 90.2 Å². The molecule has 19 heavy (non-hydrogen) atoms. The van der Waals surface area contributed by atoms with Crippen LogP contribution in [0.4, 0.5) is 0 Å². The molecule has 116 valence electrons. The SMILES string of the molecule is CCCCCCSC(CCC)CCSCCCCC. The van der Waals surface area contributed by atoms with Gasteiger partial charge in [-0.15, -0.1) is 0 Å². The lowest BCUT2D eigenvalue weighted by Gasteiger charge is -2.15. The van der Waals surface area contributed by atoms with Crippen LogP contribution < -0.4 is 0 Å². The molecule has 0 spiro atoms. The Morgan fingerprint density at radius 1 is 0.632 bits per heavy atom. The summed E-state index contributed by atoms with van der Waals surface area (Å²) in [5.41, 5.74) is 0. The van der Waals surface area contributed by atoms with Gasteiger partial charge < -0.3 is 0 Å². The minimum atomic E-state index is 0.935. The Hall–Kier alpha value is 0.700. The van der Waals surface area contributed by atoms with E-state index in [0.717, 1.165) is 5.25 Å². The summed E-state index contributed by atoms with van der Waals surface area (Å²) < 4.78 is 0. The van der Waals surface area contributed by atoms with Crippen LogP contribution in [-0.4, -0.2) is 22.5 Å². The molecule has 0 heterocycles. The standard InChI is InChI=1S/C17H36S2/c1-4-7-9-11-15-19-17(12-6-3)13-16-18-14-10-8-5-2/h17H,4-16H2,1-3H3. The molecule has 1 atom stereocenters. The Morgan fingerprint density at radius 3 is 2.00 bits per heavy atom. The molecular weight excluding hydrogens is 268 g/mol. The second kappa shape index (κ2) is 16.8. The van der Waals surface area contributed by atoms with Gasteiger partial charge in [0.1, 0.15) is 0 Å². The van der Waals surface area contributed by atoms with Gasteiger partial charge in [-0.05, 0) is 42.9 Å². The minimum Gasteiger partial charge on any atom is -0.162 e. The zero-order chi connectivity index (χ0) is 14.2. The molecule has 0 rings (SSSR count). The quantitative estimate of drug-likeness (QED) is 0.306. The van der Waals surface area contributed by atoms with E-state index in [0.29, 0.717) is 0 Å². The summed E-state index contributed by atoms with van der Waals surface area (Å²) in [6.45, 7) is 6.92. The number of thioether (sulfide) groups is 2. The van der Waals surface area contributed by atoms with E-state index in [1.807, 2.05) is 0 Å². The van der Waals surface area contributed by atoms with Crippen molar-refractivity contribution in [3.8, 4) is 0 Å². The molecule has 0 aliphatic heterocycles. The molecule has 1 unspecified atom stereocenters. The van der Waals surface area contributed by atoms with Gasteiger partial charge in [-0.3, -0.25) is 0 Å². The minimum absolute atomic E-state index is 0.935. The Labute approximate surface area is 131 Å². The molecule has 0 nitrogen and oxygen atoms in total. The van der Waals surface area contributed by atoms with E-state index < -0.39 is 0 Å². The Morgan fingerprint density at radius 2 is 1.32 bits per heavy atom. The van der Waals surface area contributed by atoms with E-state index in [4.69, 9.17) is 0 Å². The van der Waals surface area contributed by atoms with Crippen molar-refractivity contribution in [3.63, 3.8) is 0 Å². The normalized spacial score (nSPS) is 12.8. The molecule has 0 saturated carbocycles. The van der Waals surface area contributed by atoms with E-state index in [2.05, 4.69) is 44.3 Å². The lowest BCUT2D eigenvalue weighted by atomic mass is 10.2. The second-order valence-electron chi connectivity index (χ2n) is 5.45. The highest BCUT2D eigenvalue weighted by molar-refractivity contribution is 8.00. The fourth-order valence-electron chi connectivity index (χ4n) is 2.18. The summed E-state index contributed by atoms with van der Waals surface area (Å²) in [5.74, 6) is 4.16. The summed E-state index contributed by atoms with van der Waals surface area (Å²) in [7, 11) is 0. The summed E-state index contributed by atoms with van der Waals surface area (Å²) in [6, 6.07) is 0. The van der Waals surface area contributed by atoms with E-state index in [9.17, 15) is 0 Å². The molecule has 0 saturated heterocycles. The maximum atomic E-state index is 2.33. The first-order valence-corrected chi connectivity index (χ1v) is 10.7. The summed E-state index contributed by atoms with van der Waals surface area (Å²) >= 11 is 4.43. The van der Waals surface area contributed by atoms with E-state index >= 15 is 0 Å². The van der Waals surface area contributed by atoms with Crippen LogP contribution >= 0.6 is 23.5 Å². The van der Waals surface area contributed by atoms with Gasteiger partial charge in [-0.1, -0.05) is 59.3 Å². The fraction of sp³-hybridized carbons (Fsp3) is 1.00. The first-order chi connectivity index (χ1) is 9.35. The predicted octanol–water partition coefficient (Wildman–Crippen LogP) is 6.78. The maximum absolute atomic E-state index is 2.33. The number of hydrogen-bond acceptors (Lipinski definition) is 2. The molecule has 0 N–H and O–H groups in total. The van der Waals surface area contributed by atoms with Crippen LogP contribution in [0.5, 0.6) is 0 Å². The summed E-state index contributed by atoms with van der Waals surface area (Å²) in [4.78, 5) is 0. The van der Waals surface area contributed by atoms with Crippen LogP contribution in [-0.2, 0) is 0 Å². The summed E-state index contributed by atoms with van der Waals surface area (Å²) in [6.07, 6.45) is 14.1. The molecule has 0 fully saturated rings. The molecule has 0 amide bonds. The molecule has 0 aliphatic rings. The number of rotatable bonds is 15. The molecule has 2 heteroatoms. The van der Waals surface area contributed by atoms with E-state index in [-0.39, 0.29) is 0 Å². The van der Waals surface area contributed by atoms with Gasteiger partial charge in [0.25, 0.3) is 0 Å². The Balaban J connectivity index is 3.45. The van der Waals surface area contributed by atoms with Crippen LogP contribution in [0.1, 0.15) is 85.0 Å². The topological polar surface area (TPSA) is 0 Å². The van der Waals surface area contributed by atoms with Crippen LogP contribution in [0.2, 0.25) is 0 Å². The molecule has 0 aromatic carbocycles. The van der Waals surface area contributed by atoms with Crippen molar-refractivity contribution < 1.29 is 0 Å². The van der Waals surface area contributed by atoms with Crippen LogP contribution in [0.15, 0.2) is 0 Å². The van der Waals surface area contributed by atoms with Crippen molar-refractivity contribution in [1.82, 2.24) is 0 Å². The second-order valence-corrected chi connectivity index (χ2v) is 8.08. The van der Waals surface area contributed by atoms with Gasteiger partial charge in [0.15, 0.2) is 0 Å². The maximum Gasteiger partial charge on any atom is 0.00548 e. The van der Waals surface area contributed by atoms with Crippen molar-refractivity contribution in [3.05, 3.63) is 0 Å².